The minimum atomic E-state index is -0.547. The molecule has 0 heterocycles. The van der Waals surface area contributed by atoms with E-state index < -0.39 is 6.04 Å². The maximum atomic E-state index is 13.2. The largest absolute Gasteiger partial charge is 0.352 e. The van der Waals surface area contributed by atoms with Gasteiger partial charge >= 0.3 is 0 Å². The Labute approximate surface area is 199 Å². The first-order chi connectivity index (χ1) is 14.8. The molecule has 0 radical (unpaired) electrons. The van der Waals surface area contributed by atoms with Gasteiger partial charge in [-0.25, -0.2) is 0 Å². The number of carbonyl (C=O) groups excluding carboxylic acids is 2. The zero-order valence-electron chi connectivity index (χ0n) is 18.2. The number of hydrogen-bond donors (Lipinski definition) is 1. The first kappa shape index (κ1) is 25.6. The molecule has 1 N–H and O–H groups in total. The number of nitrogens with one attached hydrogen (secondary N) is 1. The van der Waals surface area contributed by atoms with E-state index >= 15 is 0 Å². The van der Waals surface area contributed by atoms with Crippen molar-refractivity contribution in [3.8, 4) is 0 Å². The summed E-state index contributed by atoms with van der Waals surface area (Å²) in [6.45, 7) is 6.21. The maximum Gasteiger partial charge on any atom is 0.243 e. The van der Waals surface area contributed by atoms with Crippen LogP contribution in [0.5, 0.6) is 0 Å². The van der Waals surface area contributed by atoms with Crippen molar-refractivity contribution >= 4 is 46.8 Å². The first-order valence-electron chi connectivity index (χ1n) is 10.5. The van der Waals surface area contributed by atoms with Gasteiger partial charge in [0.15, 0.2) is 0 Å². The maximum absolute atomic E-state index is 13.2. The molecule has 0 aliphatic rings. The van der Waals surface area contributed by atoms with Gasteiger partial charge in [0.1, 0.15) is 6.04 Å². The Hall–Kier alpha value is -1.69. The third-order valence-electron chi connectivity index (χ3n) is 5.09. The number of halogens is 2. The fourth-order valence-electron chi connectivity index (χ4n) is 3.09. The Balaban J connectivity index is 2.14. The zero-order chi connectivity index (χ0) is 22.8. The smallest absolute Gasteiger partial charge is 0.243 e. The number of carbonyl (C=O) groups is 2. The molecular formula is C24H30Cl2N2O2S. The van der Waals surface area contributed by atoms with Crippen LogP contribution in [0.3, 0.4) is 0 Å². The van der Waals surface area contributed by atoms with Crippen LogP contribution in [0.4, 0.5) is 0 Å². The van der Waals surface area contributed by atoms with Crippen LogP contribution in [0.1, 0.15) is 44.7 Å². The van der Waals surface area contributed by atoms with E-state index in [2.05, 4.69) is 5.32 Å². The highest BCUT2D eigenvalue weighted by Gasteiger charge is 2.29. The van der Waals surface area contributed by atoms with E-state index in [4.69, 9.17) is 23.2 Å². The van der Waals surface area contributed by atoms with Crippen LogP contribution < -0.4 is 5.32 Å². The molecule has 31 heavy (non-hydrogen) atoms. The van der Waals surface area contributed by atoms with Gasteiger partial charge in [0, 0.05) is 28.4 Å². The summed E-state index contributed by atoms with van der Waals surface area (Å²) in [6.07, 6.45) is 1.36. The predicted molar refractivity (Wildman–Crippen MR) is 132 cm³/mol. The summed E-state index contributed by atoms with van der Waals surface area (Å²) in [6, 6.07) is 14.5. The second kappa shape index (κ2) is 13.0. The van der Waals surface area contributed by atoms with Crippen LogP contribution in [0.25, 0.3) is 0 Å². The Morgan fingerprint density at radius 2 is 1.71 bits per heavy atom. The van der Waals surface area contributed by atoms with Gasteiger partial charge in [0.25, 0.3) is 0 Å². The second-order valence-electron chi connectivity index (χ2n) is 7.47. The average Bonchev–Trinajstić information content (AvgIpc) is 2.76. The standard InChI is InChI=1S/C24H30Cl2N2O2S/c1-4-17(3)27-24(30)22(5-2)28(14-19-8-6-7-9-21(19)26)23(29)16-31-15-18-10-12-20(25)13-11-18/h6-13,17,22H,4-5,14-16H2,1-3H3,(H,27,30)/t17-,22-/m0/s1. The molecular weight excluding hydrogens is 451 g/mol. The molecule has 168 valence electrons. The Morgan fingerprint density at radius 3 is 2.32 bits per heavy atom. The van der Waals surface area contributed by atoms with E-state index in [0.29, 0.717) is 28.8 Å². The summed E-state index contributed by atoms with van der Waals surface area (Å²) in [7, 11) is 0. The van der Waals surface area contributed by atoms with Crippen molar-refractivity contribution in [2.24, 2.45) is 0 Å². The van der Waals surface area contributed by atoms with Gasteiger partial charge in [0.05, 0.1) is 5.75 Å². The summed E-state index contributed by atoms with van der Waals surface area (Å²) in [5.74, 6) is 0.767. The van der Waals surface area contributed by atoms with E-state index in [1.807, 2.05) is 63.2 Å². The number of rotatable bonds is 11. The van der Waals surface area contributed by atoms with Crippen molar-refractivity contribution in [1.29, 1.82) is 0 Å². The molecule has 0 aliphatic carbocycles. The molecule has 4 nitrogen and oxygen atoms in total. The van der Waals surface area contributed by atoms with Crippen molar-refractivity contribution in [3.63, 3.8) is 0 Å². The first-order valence-corrected chi connectivity index (χ1v) is 12.4. The number of nitrogens with zero attached hydrogens (tertiary/aromatic N) is 1. The monoisotopic (exact) mass is 480 g/mol. The summed E-state index contributed by atoms with van der Waals surface area (Å²) >= 11 is 13.8. The SMILES string of the molecule is CC[C@H](C)NC(=O)[C@H](CC)N(Cc1ccccc1Cl)C(=O)CSCc1ccc(Cl)cc1. The molecule has 2 atom stereocenters. The molecule has 2 amide bonds. The van der Waals surface area contributed by atoms with Crippen molar-refractivity contribution < 1.29 is 9.59 Å². The lowest BCUT2D eigenvalue weighted by Gasteiger charge is -2.31. The van der Waals surface area contributed by atoms with Crippen LogP contribution in [-0.2, 0) is 21.9 Å². The molecule has 2 aromatic carbocycles. The van der Waals surface area contributed by atoms with Gasteiger partial charge in [0.2, 0.25) is 11.8 Å². The highest BCUT2D eigenvalue weighted by molar-refractivity contribution is 7.99. The summed E-state index contributed by atoms with van der Waals surface area (Å²) in [5.41, 5.74) is 1.93. The van der Waals surface area contributed by atoms with Crippen molar-refractivity contribution in [2.45, 2.75) is 58.0 Å². The molecule has 2 aromatic rings. The lowest BCUT2D eigenvalue weighted by Crippen LogP contribution is -2.51. The third kappa shape index (κ3) is 8.06. The molecule has 0 fully saturated rings. The topological polar surface area (TPSA) is 49.4 Å². The minimum Gasteiger partial charge on any atom is -0.352 e. The Morgan fingerprint density at radius 1 is 1.03 bits per heavy atom. The average molecular weight is 481 g/mol. The zero-order valence-corrected chi connectivity index (χ0v) is 20.6. The number of amides is 2. The molecule has 0 bridgehead atoms. The normalized spacial score (nSPS) is 12.8. The fourth-order valence-corrected chi connectivity index (χ4v) is 4.28. The molecule has 0 saturated heterocycles. The molecule has 0 aromatic heterocycles. The molecule has 7 heteroatoms. The van der Waals surface area contributed by atoms with Gasteiger partial charge in [-0.05, 0) is 49.1 Å². The van der Waals surface area contributed by atoms with Gasteiger partial charge in [-0.15, -0.1) is 11.8 Å². The van der Waals surface area contributed by atoms with Crippen LogP contribution >= 0.6 is 35.0 Å². The Kier molecular flexibility index (Phi) is 10.7. The lowest BCUT2D eigenvalue weighted by molar-refractivity contribution is -0.139. The van der Waals surface area contributed by atoms with Crippen molar-refractivity contribution in [3.05, 3.63) is 69.7 Å². The quantitative estimate of drug-likeness (QED) is 0.432. The lowest BCUT2D eigenvalue weighted by atomic mass is 10.1. The predicted octanol–water partition coefficient (Wildman–Crippen LogP) is 5.95. The van der Waals surface area contributed by atoms with Gasteiger partial charge < -0.3 is 10.2 Å². The van der Waals surface area contributed by atoms with E-state index in [-0.39, 0.29) is 23.6 Å². The number of hydrogen-bond acceptors (Lipinski definition) is 3. The van der Waals surface area contributed by atoms with Crippen molar-refractivity contribution in [1.82, 2.24) is 10.2 Å². The molecule has 0 saturated carbocycles. The van der Waals surface area contributed by atoms with Gasteiger partial charge in [-0.1, -0.05) is 67.4 Å². The van der Waals surface area contributed by atoms with Crippen LogP contribution in [0.15, 0.2) is 48.5 Å². The summed E-state index contributed by atoms with van der Waals surface area (Å²) in [4.78, 5) is 27.8. The number of benzene rings is 2. The van der Waals surface area contributed by atoms with Gasteiger partial charge in [-0.2, -0.15) is 0 Å². The van der Waals surface area contributed by atoms with E-state index in [9.17, 15) is 9.59 Å². The van der Waals surface area contributed by atoms with Gasteiger partial charge in [-0.3, -0.25) is 9.59 Å². The minimum absolute atomic E-state index is 0.0538. The molecule has 0 aliphatic heterocycles. The second-order valence-corrected chi connectivity index (χ2v) is 9.30. The summed E-state index contributed by atoms with van der Waals surface area (Å²) < 4.78 is 0. The fraction of sp³-hybridized carbons (Fsp3) is 0.417. The highest BCUT2D eigenvalue weighted by Crippen LogP contribution is 2.22. The molecule has 0 spiro atoms. The Bertz CT molecular complexity index is 861. The highest BCUT2D eigenvalue weighted by atomic mass is 35.5. The van der Waals surface area contributed by atoms with E-state index in [1.54, 1.807) is 11.0 Å². The number of thioether (sulfide) groups is 1. The van der Waals surface area contributed by atoms with Crippen LogP contribution in [0.2, 0.25) is 10.0 Å². The van der Waals surface area contributed by atoms with E-state index in [0.717, 1.165) is 17.5 Å². The molecule has 2 rings (SSSR count). The van der Waals surface area contributed by atoms with Crippen molar-refractivity contribution in [2.75, 3.05) is 5.75 Å². The van der Waals surface area contributed by atoms with Crippen LogP contribution in [-0.4, -0.2) is 34.6 Å². The third-order valence-corrected chi connectivity index (χ3v) is 6.70. The van der Waals surface area contributed by atoms with Crippen LogP contribution in [0, 0.1) is 0 Å². The molecule has 0 unspecified atom stereocenters. The van der Waals surface area contributed by atoms with E-state index in [1.165, 1.54) is 11.8 Å². The summed E-state index contributed by atoms with van der Waals surface area (Å²) in [5, 5.41) is 4.30.